The standard InChI is InChI=1S/C12H15N5O/c1-8-15-11(13)17-12(16-8)14-7-9-4-3-5-10(6-9)18-2/h3-6H,7H2,1-2H3,(H3,13,14,15,16,17). The summed E-state index contributed by atoms with van der Waals surface area (Å²) in [4.78, 5) is 12.1. The van der Waals surface area contributed by atoms with E-state index in [1.807, 2.05) is 24.3 Å². The number of aromatic nitrogens is 3. The van der Waals surface area contributed by atoms with Crippen molar-refractivity contribution in [2.24, 2.45) is 0 Å². The predicted octanol–water partition coefficient (Wildman–Crippen LogP) is 1.38. The molecule has 1 aromatic heterocycles. The summed E-state index contributed by atoms with van der Waals surface area (Å²) in [5, 5.41) is 3.10. The summed E-state index contributed by atoms with van der Waals surface area (Å²) in [6, 6.07) is 7.77. The summed E-state index contributed by atoms with van der Waals surface area (Å²) >= 11 is 0. The molecule has 0 unspecified atom stereocenters. The van der Waals surface area contributed by atoms with Crippen molar-refractivity contribution in [2.75, 3.05) is 18.2 Å². The molecule has 0 amide bonds. The second kappa shape index (κ2) is 5.31. The lowest BCUT2D eigenvalue weighted by Gasteiger charge is -2.07. The molecule has 0 saturated carbocycles. The Labute approximate surface area is 105 Å². The van der Waals surface area contributed by atoms with Crippen molar-refractivity contribution < 1.29 is 4.74 Å². The quantitative estimate of drug-likeness (QED) is 0.846. The van der Waals surface area contributed by atoms with Crippen LogP contribution in [0.25, 0.3) is 0 Å². The number of nitrogens with zero attached hydrogens (tertiary/aromatic N) is 3. The van der Waals surface area contributed by atoms with Gasteiger partial charge in [0.25, 0.3) is 0 Å². The number of nitrogens with one attached hydrogen (secondary N) is 1. The molecule has 0 aliphatic heterocycles. The van der Waals surface area contributed by atoms with Gasteiger partial charge in [0.05, 0.1) is 7.11 Å². The van der Waals surface area contributed by atoms with Crippen LogP contribution < -0.4 is 15.8 Å². The Kier molecular flexibility index (Phi) is 3.57. The molecule has 0 saturated heterocycles. The molecule has 2 rings (SSSR count). The number of rotatable bonds is 4. The van der Waals surface area contributed by atoms with E-state index >= 15 is 0 Å². The van der Waals surface area contributed by atoms with Gasteiger partial charge in [-0.3, -0.25) is 0 Å². The van der Waals surface area contributed by atoms with Gasteiger partial charge in [-0.25, -0.2) is 0 Å². The number of hydrogen-bond donors (Lipinski definition) is 2. The fourth-order valence-electron chi connectivity index (χ4n) is 1.55. The Morgan fingerprint density at radius 2 is 2.11 bits per heavy atom. The Bertz CT molecular complexity index is 523. The first-order valence-corrected chi connectivity index (χ1v) is 5.52. The molecule has 3 N–H and O–H groups in total. The topological polar surface area (TPSA) is 86.0 Å². The van der Waals surface area contributed by atoms with E-state index in [1.54, 1.807) is 14.0 Å². The molecule has 1 aromatic carbocycles. The number of methoxy groups -OCH3 is 1. The highest BCUT2D eigenvalue weighted by molar-refractivity contribution is 5.34. The van der Waals surface area contributed by atoms with Gasteiger partial charge in [0.1, 0.15) is 11.6 Å². The fourth-order valence-corrected chi connectivity index (χ4v) is 1.55. The average molecular weight is 245 g/mol. The van der Waals surface area contributed by atoms with Gasteiger partial charge in [-0.2, -0.15) is 15.0 Å². The zero-order valence-electron chi connectivity index (χ0n) is 10.3. The number of nitrogens with two attached hydrogens (primary N) is 1. The minimum Gasteiger partial charge on any atom is -0.497 e. The minimum atomic E-state index is 0.218. The van der Waals surface area contributed by atoms with Crippen LogP contribution in [0, 0.1) is 6.92 Å². The molecule has 0 bridgehead atoms. The molecule has 0 atom stereocenters. The molecule has 18 heavy (non-hydrogen) atoms. The highest BCUT2D eigenvalue weighted by Gasteiger charge is 2.01. The molecule has 6 nitrogen and oxygen atoms in total. The van der Waals surface area contributed by atoms with Gasteiger partial charge in [-0.05, 0) is 24.6 Å². The first kappa shape index (κ1) is 12.1. The predicted molar refractivity (Wildman–Crippen MR) is 69.3 cm³/mol. The van der Waals surface area contributed by atoms with Crippen LogP contribution in [0.15, 0.2) is 24.3 Å². The Balaban J connectivity index is 2.06. The van der Waals surface area contributed by atoms with Crippen LogP contribution >= 0.6 is 0 Å². The third-order valence-corrected chi connectivity index (χ3v) is 2.35. The third-order valence-electron chi connectivity index (χ3n) is 2.35. The molecule has 0 spiro atoms. The van der Waals surface area contributed by atoms with Crippen molar-refractivity contribution in [1.29, 1.82) is 0 Å². The maximum absolute atomic E-state index is 5.55. The summed E-state index contributed by atoms with van der Waals surface area (Å²) in [6.07, 6.45) is 0. The van der Waals surface area contributed by atoms with Crippen LogP contribution in [-0.2, 0) is 6.54 Å². The minimum absolute atomic E-state index is 0.218. The molecule has 6 heteroatoms. The fraction of sp³-hybridized carbons (Fsp3) is 0.250. The molecular formula is C12H15N5O. The number of hydrogen-bond acceptors (Lipinski definition) is 6. The number of nitrogen functional groups attached to an aromatic ring is 1. The first-order chi connectivity index (χ1) is 8.67. The van der Waals surface area contributed by atoms with Crippen LogP contribution in [-0.4, -0.2) is 22.1 Å². The van der Waals surface area contributed by atoms with Crippen molar-refractivity contribution in [2.45, 2.75) is 13.5 Å². The SMILES string of the molecule is COc1cccc(CNc2nc(C)nc(N)n2)c1. The van der Waals surface area contributed by atoms with Gasteiger partial charge in [-0.1, -0.05) is 12.1 Å². The van der Waals surface area contributed by atoms with Crippen LogP contribution in [0.5, 0.6) is 5.75 Å². The largest absolute Gasteiger partial charge is 0.497 e. The lowest BCUT2D eigenvalue weighted by Crippen LogP contribution is -2.08. The number of benzene rings is 1. The zero-order chi connectivity index (χ0) is 13.0. The lowest BCUT2D eigenvalue weighted by molar-refractivity contribution is 0.414. The normalized spacial score (nSPS) is 10.1. The maximum Gasteiger partial charge on any atom is 0.227 e. The van der Waals surface area contributed by atoms with Crippen LogP contribution in [0.3, 0.4) is 0 Å². The average Bonchev–Trinajstić information content (AvgIpc) is 2.35. The van der Waals surface area contributed by atoms with E-state index in [0.717, 1.165) is 11.3 Å². The van der Waals surface area contributed by atoms with Gasteiger partial charge in [0, 0.05) is 6.54 Å². The molecule has 0 aliphatic carbocycles. The maximum atomic E-state index is 5.55. The van der Waals surface area contributed by atoms with Crippen molar-refractivity contribution in [1.82, 2.24) is 15.0 Å². The molecular weight excluding hydrogens is 230 g/mol. The Morgan fingerprint density at radius 1 is 1.28 bits per heavy atom. The van der Waals surface area contributed by atoms with Gasteiger partial charge in [0.2, 0.25) is 11.9 Å². The highest BCUT2D eigenvalue weighted by Crippen LogP contribution is 2.13. The first-order valence-electron chi connectivity index (χ1n) is 5.52. The van der Waals surface area contributed by atoms with Gasteiger partial charge >= 0.3 is 0 Å². The van der Waals surface area contributed by atoms with Crippen LogP contribution in [0.4, 0.5) is 11.9 Å². The monoisotopic (exact) mass is 245 g/mol. The lowest BCUT2D eigenvalue weighted by atomic mass is 10.2. The highest BCUT2D eigenvalue weighted by atomic mass is 16.5. The third kappa shape index (κ3) is 3.07. The number of aryl methyl sites for hydroxylation is 1. The summed E-state index contributed by atoms with van der Waals surface area (Å²) in [6.45, 7) is 2.37. The van der Waals surface area contributed by atoms with Crippen molar-refractivity contribution in [3.63, 3.8) is 0 Å². The summed E-state index contributed by atoms with van der Waals surface area (Å²) in [5.41, 5.74) is 6.63. The molecule has 0 aliphatic rings. The molecule has 94 valence electrons. The second-order valence-electron chi connectivity index (χ2n) is 3.77. The van der Waals surface area contributed by atoms with E-state index in [9.17, 15) is 0 Å². The van der Waals surface area contributed by atoms with E-state index in [1.165, 1.54) is 0 Å². The molecule has 0 fully saturated rings. The Morgan fingerprint density at radius 3 is 2.83 bits per heavy atom. The molecule has 2 aromatic rings. The zero-order valence-corrected chi connectivity index (χ0v) is 10.3. The van der Waals surface area contributed by atoms with E-state index in [2.05, 4.69) is 20.3 Å². The molecule has 0 radical (unpaired) electrons. The van der Waals surface area contributed by atoms with Crippen molar-refractivity contribution >= 4 is 11.9 Å². The van der Waals surface area contributed by atoms with Crippen molar-refractivity contribution in [3.05, 3.63) is 35.7 Å². The van der Waals surface area contributed by atoms with E-state index in [0.29, 0.717) is 18.3 Å². The number of anilines is 2. The number of ether oxygens (including phenoxy) is 1. The van der Waals surface area contributed by atoms with Crippen LogP contribution in [0.2, 0.25) is 0 Å². The second-order valence-corrected chi connectivity index (χ2v) is 3.77. The van der Waals surface area contributed by atoms with Gasteiger partial charge in [-0.15, -0.1) is 0 Å². The van der Waals surface area contributed by atoms with Crippen molar-refractivity contribution in [3.8, 4) is 5.75 Å². The summed E-state index contributed by atoms with van der Waals surface area (Å²) < 4.78 is 5.16. The molecule has 1 heterocycles. The Hall–Kier alpha value is -2.37. The van der Waals surface area contributed by atoms with E-state index in [-0.39, 0.29) is 5.95 Å². The van der Waals surface area contributed by atoms with E-state index in [4.69, 9.17) is 10.5 Å². The smallest absolute Gasteiger partial charge is 0.227 e. The van der Waals surface area contributed by atoms with Gasteiger partial charge in [0.15, 0.2) is 0 Å². The summed E-state index contributed by atoms with van der Waals surface area (Å²) in [7, 11) is 1.64. The van der Waals surface area contributed by atoms with E-state index < -0.39 is 0 Å². The van der Waals surface area contributed by atoms with Gasteiger partial charge < -0.3 is 15.8 Å². The summed E-state index contributed by atoms with van der Waals surface area (Å²) in [5.74, 6) is 2.11. The van der Waals surface area contributed by atoms with Crippen LogP contribution in [0.1, 0.15) is 11.4 Å².